The fourth-order valence-electron chi connectivity index (χ4n) is 5.44. The smallest absolute Gasteiger partial charge is 0.163 e. The average Bonchev–Trinajstić information content (AvgIpc) is 3.02. The summed E-state index contributed by atoms with van der Waals surface area (Å²) in [6, 6.07) is 21.5. The molecule has 1 saturated heterocycles. The van der Waals surface area contributed by atoms with Gasteiger partial charge in [0.25, 0.3) is 0 Å². The van der Waals surface area contributed by atoms with Crippen LogP contribution in [0.3, 0.4) is 0 Å². The minimum atomic E-state index is 0. The van der Waals surface area contributed by atoms with E-state index in [1.54, 1.807) is 13.1 Å². The number of anilines is 3. The molecule has 0 radical (unpaired) electrons. The summed E-state index contributed by atoms with van der Waals surface area (Å²) in [5.74, 6) is 1.44. The van der Waals surface area contributed by atoms with Crippen LogP contribution in [-0.2, 0) is 12.8 Å². The number of benzene rings is 2. The van der Waals surface area contributed by atoms with Crippen molar-refractivity contribution in [1.82, 2.24) is 9.88 Å². The van der Waals surface area contributed by atoms with E-state index in [0.29, 0.717) is 5.92 Å². The van der Waals surface area contributed by atoms with E-state index >= 15 is 0 Å². The van der Waals surface area contributed by atoms with Crippen molar-refractivity contribution in [2.75, 3.05) is 49.1 Å². The van der Waals surface area contributed by atoms with Crippen LogP contribution in [0, 0.1) is 5.92 Å². The number of rotatable bonds is 6. The number of carbonyl (C=O) groups excluding carboxylic acids is 1. The molecule has 1 unspecified atom stereocenters. The molecule has 35 heavy (non-hydrogen) atoms. The van der Waals surface area contributed by atoms with Gasteiger partial charge in [0.05, 0.1) is 5.56 Å². The van der Waals surface area contributed by atoms with Crippen molar-refractivity contribution in [2.24, 2.45) is 5.92 Å². The number of ketones is 1. The van der Waals surface area contributed by atoms with Crippen molar-refractivity contribution in [1.29, 1.82) is 0 Å². The van der Waals surface area contributed by atoms with Gasteiger partial charge in [0.15, 0.2) is 5.78 Å². The average molecular weight is 471 g/mol. The molecule has 5 heteroatoms. The Hall–Kier alpha value is -3.18. The van der Waals surface area contributed by atoms with Crippen LogP contribution in [0.15, 0.2) is 66.9 Å². The van der Waals surface area contributed by atoms with Crippen LogP contribution in [0.5, 0.6) is 0 Å². The summed E-state index contributed by atoms with van der Waals surface area (Å²) in [4.78, 5) is 23.9. The summed E-state index contributed by atoms with van der Waals surface area (Å²) < 4.78 is 0. The molecule has 2 aromatic carbocycles. The number of hydrogen-bond donors (Lipinski definition) is 0. The number of carbonyl (C=O) groups is 1. The molecule has 3 heterocycles. The van der Waals surface area contributed by atoms with E-state index in [1.807, 2.05) is 12.1 Å². The molecular formula is C30H38N4O. The first-order valence-electron chi connectivity index (χ1n) is 12.5. The maximum Gasteiger partial charge on any atom is 0.163 e. The molecule has 5 nitrogen and oxygen atoms in total. The van der Waals surface area contributed by atoms with Crippen LogP contribution in [0.2, 0.25) is 0 Å². The van der Waals surface area contributed by atoms with Crippen molar-refractivity contribution in [3.05, 3.63) is 83.6 Å². The number of fused-ring (bicyclic) bond motifs is 2. The van der Waals surface area contributed by atoms with E-state index in [-0.39, 0.29) is 13.2 Å². The molecule has 2 aliphatic heterocycles. The van der Waals surface area contributed by atoms with Crippen LogP contribution in [0.4, 0.5) is 17.2 Å². The van der Waals surface area contributed by atoms with Gasteiger partial charge in [-0.05, 0) is 61.1 Å². The van der Waals surface area contributed by atoms with Gasteiger partial charge in [-0.25, -0.2) is 4.98 Å². The monoisotopic (exact) mass is 470 g/mol. The summed E-state index contributed by atoms with van der Waals surface area (Å²) >= 11 is 0. The topological polar surface area (TPSA) is 39.7 Å². The number of aromatic nitrogens is 1. The molecule has 0 aliphatic carbocycles. The lowest BCUT2D eigenvalue weighted by Gasteiger charge is -2.38. The van der Waals surface area contributed by atoms with Crippen molar-refractivity contribution >= 4 is 23.0 Å². The Morgan fingerprint density at radius 3 is 2.06 bits per heavy atom. The van der Waals surface area contributed by atoms with Gasteiger partial charge in [0, 0.05) is 56.8 Å². The van der Waals surface area contributed by atoms with Gasteiger partial charge in [-0.2, -0.15) is 0 Å². The minimum absolute atomic E-state index is 0. The molecule has 5 rings (SSSR count). The van der Waals surface area contributed by atoms with Crippen LogP contribution in [-0.4, -0.2) is 54.9 Å². The summed E-state index contributed by atoms with van der Waals surface area (Å²) in [6.45, 7) is 9.85. The zero-order valence-corrected chi connectivity index (χ0v) is 20.3. The second-order valence-corrected chi connectivity index (χ2v) is 9.69. The first-order chi connectivity index (χ1) is 16.6. The zero-order chi connectivity index (χ0) is 23.5. The summed E-state index contributed by atoms with van der Waals surface area (Å²) in [5.41, 5.74) is 6.32. The number of hydrogen-bond acceptors (Lipinski definition) is 5. The standard InChI is InChI=1S/C29H34N4O.CH4/c1-22(20-31-16-18-32(19-17-31)29-26(23(2)34)10-7-15-30-29)21-33-27-11-5-3-8-24(27)13-14-25-9-4-6-12-28(25)33;/h3-12,15,22H,13-14,16-21H2,1-2H3;1H4. The Morgan fingerprint density at radius 2 is 1.46 bits per heavy atom. The molecule has 0 N–H and O–H groups in total. The Kier molecular flexibility index (Phi) is 7.86. The summed E-state index contributed by atoms with van der Waals surface area (Å²) in [6.07, 6.45) is 3.97. The lowest BCUT2D eigenvalue weighted by Crippen LogP contribution is -2.49. The maximum absolute atomic E-state index is 12.0. The minimum Gasteiger partial charge on any atom is -0.353 e. The van der Waals surface area contributed by atoms with Crippen LogP contribution in [0.25, 0.3) is 0 Å². The molecule has 1 aromatic heterocycles. The third-order valence-corrected chi connectivity index (χ3v) is 7.13. The maximum atomic E-state index is 12.0. The molecular weight excluding hydrogens is 432 g/mol. The molecule has 3 aromatic rings. The second-order valence-electron chi connectivity index (χ2n) is 9.69. The number of nitrogens with zero attached hydrogens (tertiary/aromatic N) is 4. The fourth-order valence-corrected chi connectivity index (χ4v) is 5.44. The molecule has 0 saturated carbocycles. The summed E-state index contributed by atoms with van der Waals surface area (Å²) in [7, 11) is 0. The lowest BCUT2D eigenvalue weighted by atomic mass is 10.0. The molecule has 0 bridgehead atoms. The number of aryl methyl sites for hydroxylation is 2. The third-order valence-electron chi connectivity index (χ3n) is 7.13. The highest BCUT2D eigenvalue weighted by atomic mass is 16.1. The third kappa shape index (κ3) is 5.40. The predicted octanol–water partition coefficient (Wildman–Crippen LogP) is 5.62. The number of Topliss-reactive ketones (excluding diaryl/α,β-unsaturated/α-hetero) is 1. The highest BCUT2D eigenvalue weighted by molar-refractivity contribution is 5.98. The molecule has 1 fully saturated rings. The second kappa shape index (κ2) is 11.0. The first-order valence-corrected chi connectivity index (χ1v) is 12.5. The van der Waals surface area contributed by atoms with Crippen molar-refractivity contribution in [3.63, 3.8) is 0 Å². The van der Waals surface area contributed by atoms with Gasteiger partial charge in [0.2, 0.25) is 0 Å². The van der Waals surface area contributed by atoms with Crippen molar-refractivity contribution in [2.45, 2.75) is 34.1 Å². The van der Waals surface area contributed by atoms with Crippen LogP contribution >= 0.6 is 0 Å². The SMILES string of the molecule is C.CC(=O)c1cccnc1N1CCN(CC(C)CN2c3ccccc3CCc3ccccc32)CC1. The molecule has 0 amide bonds. The Bertz CT molecular complexity index is 1100. The van der Waals surface area contributed by atoms with E-state index in [4.69, 9.17) is 0 Å². The van der Waals surface area contributed by atoms with Gasteiger partial charge in [-0.1, -0.05) is 50.7 Å². The molecule has 2 aliphatic rings. The lowest BCUT2D eigenvalue weighted by molar-refractivity contribution is 0.101. The van der Waals surface area contributed by atoms with Gasteiger partial charge >= 0.3 is 0 Å². The number of piperazine rings is 1. The van der Waals surface area contributed by atoms with E-state index in [9.17, 15) is 4.79 Å². The van der Waals surface area contributed by atoms with Gasteiger partial charge < -0.3 is 9.80 Å². The molecule has 184 valence electrons. The highest BCUT2D eigenvalue weighted by Crippen LogP contribution is 2.36. The Morgan fingerprint density at radius 1 is 0.857 bits per heavy atom. The number of para-hydroxylation sites is 2. The zero-order valence-electron chi connectivity index (χ0n) is 20.3. The van der Waals surface area contributed by atoms with Crippen LogP contribution in [0.1, 0.15) is 42.8 Å². The largest absolute Gasteiger partial charge is 0.353 e. The molecule has 0 spiro atoms. The van der Waals surface area contributed by atoms with Crippen molar-refractivity contribution in [3.8, 4) is 0 Å². The predicted molar refractivity (Wildman–Crippen MR) is 146 cm³/mol. The Labute approximate surface area is 210 Å². The highest BCUT2D eigenvalue weighted by Gasteiger charge is 2.25. The Balaban J connectivity index is 0.00000289. The van der Waals surface area contributed by atoms with Gasteiger partial charge in [-0.15, -0.1) is 0 Å². The van der Waals surface area contributed by atoms with E-state index < -0.39 is 0 Å². The quantitative estimate of drug-likeness (QED) is 0.438. The summed E-state index contributed by atoms with van der Waals surface area (Å²) in [5, 5.41) is 0. The van der Waals surface area contributed by atoms with E-state index in [2.05, 4.69) is 75.1 Å². The first kappa shape index (κ1) is 24.9. The van der Waals surface area contributed by atoms with Gasteiger partial charge in [-0.3, -0.25) is 9.69 Å². The fraction of sp³-hybridized carbons (Fsp3) is 0.400. The normalized spacial score (nSPS) is 16.5. The van der Waals surface area contributed by atoms with Crippen molar-refractivity contribution < 1.29 is 4.79 Å². The van der Waals surface area contributed by atoms with Gasteiger partial charge in [0.1, 0.15) is 5.82 Å². The van der Waals surface area contributed by atoms with E-state index in [0.717, 1.165) is 63.5 Å². The van der Waals surface area contributed by atoms with E-state index in [1.165, 1.54) is 22.5 Å². The van der Waals surface area contributed by atoms with Crippen LogP contribution < -0.4 is 9.80 Å². The molecule has 1 atom stereocenters. The number of pyridine rings is 1.